The van der Waals surface area contributed by atoms with E-state index in [1.165, 1.54) is 0 Å². The van der Waals surface area contributed by atoms with Crippen molar-refractivity contribution in [1.29, 1.82) is 0 Å². The summed E-state index contributed by atoms with van der Waals surface area (Å²) in [5, 5.41) is 19.4. The number of ether oxygens (including phenoxy) is 3. The second kappa shape index (κ2) is 7.99. The van der Waals surface area contributed by atoms with Crippen LogP contribution in [0.2, 0.25) is 0 Å². The Morgan fingerprint density at radius 3 is 1.52 bits per heavy atom. The normalized spacial score (nSPS) is 22.0. The highest BCUT2D eigenvalue weighted by molar-refractivity contribution is 5.47. The van der Waals surface area contributed by atoms with Crippen molar-refractivity contribution >= 4 is 0 Å². The summed E-state index contributed by atoms with van der Waals surface area (Å²) in [6.07, 6.45) is 0.785. The Morgan fingerprint density at radius 2 is 1.26 bits per heavy atom. The molecular formula is C18H28O5. The fourth-order valence-corrected chi connectivity index (χ4v) is 2.19. The van der Waals surface area contributed by atoms with Gasteiger partial charge in [0.05, 0.1) is 26.4 Å². The van der Waals surface area contributed by atoms with Crippen molar-refractivity contribution in [2.24, 2.45) is 0 Å². The molecule has 2 aliphatic rings. The van der Waals surface area contributed by atoms with Crippen LogP contribution >= 0.6 is 0 Å². The molecule has 2 heterocycles. The lowest BCUT2D eigenvalue weighted by molar-refractivity contribution is 0.102. The highest BCUT2D eigenvalue weighted by atomic mass is 16.6. The number of epoxide rings is 2. The first kappa shape index (κ1) is 18.0. The zero-order valence-electron chi connectivity index (χ0n) is 14.4. The third-order valence-corrected chi connectivity index (χ3v) is 3.83. The summed E-state index contributed by atoms with van der Waals surface area (Å²) in [5.41, 5.74) is 1.60. The van der Waals surface area contributed by atoms with Gasteiger partial charge in [-0.05, 0) is 24.0 Å². The van der Waals surface area contributed by atoms with Gasteiger partial charge in [0.25, 0.3) is 0 Å². The molecule has 2 saturated heterocycles. The third kappa shape index (κ3) is 6.01. The van der Waals surface area contributed by atoms with E-state index in [1.807, 2.05) is 27.7 Å². The van der Waals surface area contributed by atoms with Gasteiger partial charge in [0.2, 0.25) is 0 Å². The molecule has 2 unspecified atom stereocenters. The minimum atomic E-state index is 0.224. The van der Waals surface area contributed by atoms with Crippen molar-refractivity contribution in [2.75, 3.05) is 26.4 Å². The Bertz CT molecular complexity index is 459. The van der Waals surface area contributed by atoms with E-state index in [-0.39, 0.29) is 23.3 Å². The van der Waals surface area contributed by atoms with Crippen LogP contribution in [0.25, 0.3) is 0 Å². The van der Waals surface area contributed by atoms with Crippen molar-refractivity contribution in [1.82, 2.24) is 0 Å². The number of rotatable bonds is 6. The van der Waals surface area contributed by atoms with Gasteiger partial charge in [-0.1, -0.05) is 27.7 Å². The van der Waals surface area contributed by atoms with Crippen LogP contribution in [0.5, 0.6) is 11.5 Å². The molecule has 2 atom stereocenters. The maximum Gasteiger partial charge on any atom is 0.119 e. The van der Waals surface area contributed by atoms with Gasteiger partial charge in [0, 0.05) is 11.1 Å². The topological polar surface area (TPSA) is 74.8 Å². The smallest absolute Gasteiger partial charge is 0.119 e. The van der Waals surface area contributed by atoms with Crippen LogP contribution in [-0.2, 0) is 14.2 Å². The van der Waals surface area contributed by atoms with Crippen molar-refractivity contribution < 1.29 is 24.4 Å². The maximum atomic E-state index is 9.72. The van der Waals surface area contributed by atoms with Crippen LogP contribution in [0.4, 0.5) is 0 Å². The van der Waals surface area contributed by atoms with Crippen molar-refractivity contribution in [3.63, 3.8) is 0 Å². The van der Waals surface area contributed by atoms with E-state index < -0.39 is 0 Å². The van der Waals surface area contributed by atoms with E-state index in [0.717, 1.165) is 37.6 Å². The largest absolute Gasteiger partial charge is 0.508 e. The molecule has 3 rings (SSSR count). The van der Waals surface area contributed by atoms with E-state index in [2.05, 4.69) is 0 Å². The number of phenols is 2. The molecule has 0 aliphatic carbocycles. The molecule has 130 valence electrons. The monoisotopic (exact) mass is 324 g/mol. The van der Waals surface area contributed by atoms with Crippen molar-refractivity contribution in [3.8, 4) is 11.5 Å². The van der Waals surface area contributed by atoms with Crippen LogP contribution in [-0.4, -0.2) is 48.8 Å². The standard InChI is InChI=1S/C12H18O2.C6H10O3/c1-7(2)9-5-12(14)10(8(3)4)6-11(9)13;1(5-3-8-5)7-2-6-4-9-6/h5-8,13-14H,1-4H3;5-6H,1-4H2. The van der Waals surface area contributed by atoms with E-state index in [1.54, 1.807) is 12.1 Å². The molecule has 1 aromatic carbocycles. The molecule has 2 fully saturated rings. The summed E-state index contributed by atoms with van der Waals surface area (Å²) in [4.78, 5) is 0. The molecule has 2 N–H and O–H groups in total. The highest BCUT2D eigenvalue weighted by Gasteiger charge is 2.26. The number of hydrogen-bond acceptors (Lipinski definition) is 5. The molecule has 0 saturated carbocycles. The Morgan fingerprint density at radius 1 is 0.913 bits per heavy atom. The predicted octanol–water partition coefficient (Wildman–Crippen LogP) is 3.15. The molecule has 0 spiro atoms. The van der Waals surface area contributed by atoms with Crippen LogP contribution < -0.4 is 0 Å². The van der Waals surface area contributed by atoms with E-state index in [9.17, 15) is 10.2 Å². The summed E-state index contributed by atoms with van der Waals surface area (Å²) in [5.74, 6) is 1.01. The van der Waals surface area contributed by atoms with Gasteiger partial charge in [-0.2, -0.15) is 0 Å². The first-order valence-electron chi connectivity index (χ1n) is 8.25. The van der Waals surface area contributed by atoms with Crippen LogP contribution in [0.1, 0.15) is 50.7 Å². The predicted molar refractivity (Wildman–Crippen MR) is 88.2 cm³/mol. The molecule has 0 bridgehead atoms. The molecule has 5 nitrogen and oxygen atoms in total. The molecule has 0 aromatic heterocycles. The molecule has 0 amide bonds. The minimum absolute atomic E-state index is 0.224. The van der Waals surface area contributed by atoms with Gasteiger partial charge in [0.15, 0.2) is 0 Å². The lowest BCUT2D eigenvalue weighted by Gasteiger charge is -2.14. The first-order chi connectivity index (χ1) is 10.9. The van der Waals surface area contributed by atoms with Gasteiger partial charge in [-0.15, -0.1) is 0 Å². The molecule has 23 heavy (non-hydrogen) atoms. The SMILES string of the molecule is C(OCC1CO1)C1CO1.CC(C)c1cc(O)c(C(C)C)cc1O. The number of hydrogen-bond donors (Lipinski definition) is 2. The molecule has 5 heteroatoms. The van der Waals surface area contributed by atoms with Crippen molar-refractivity contribution in [3.05, 3.63) is 23.3 Å². The third-order valence-electron chi connectivity index (χ3n) is 3.83. The summed E-state index contributed by atoms with van der Waals surface area (Å²) >= 11 is 0. The van der Waals surface area contributed by atoms with Gasteiger partial charge in [-0.3, -0.25) is 0 Å². The number of aromatic hydroxyl groups is 2. The van der Waals surface area contributed by atoms with E-state index in [0.29, 0.717) is 12.2 Å². The van der Waals surface area contributed by atoms with Crippen LogP contribution in [0.3, 0.4) is 0 Å². The van der Waals surface area contributed by atoms with Gasteiger partial charge in [-0.25, -0.2) is 0 Å². The second-order valence-electron chi connectivity index (χ2n) is 6.73. The fourth-order valence-electron chi connectivity index (χ4n) is 2.19. The van der Waals surface area contributed by atoms with Crippen LogP contribution in [0.15, 0.2) is 12.1 Å². The van der Waals surface area contributed by atoms with Crippen molar-refractivity contribution in [2.45, 2.75) is 51.7 Å². The Balaban J connectivity index is 0.000000182. The first-order valence-corrected chi connectivity index (χ1v) is 8.25. The quantitative estimate of drug-likeness (QED) is 0.621. The molecule has 0 radical (unpaired) electrons. The zero-order valence-corrected chi connectivity index (χ0v) is 14.4. The maximum absolute atomic E-state index is 9.72. The lowest BCUT2D eigenvalue weighted by Crippen LogP contribution is -2.06. The zero-order chi connectivity index (χ0) is 17.0. The van der Waals surface area contributed by atoms with E-state index in [4.69, 9.17) is 14.2 Å². The molecule has 2 aliphatic heterocycles. The average Bonchev–Trinajstić information content (AvgIpc) is 3.35. The van der Waals surface area contributed by atoms with Gasteiger partial charge < -0.3 is 24.4 Å². The number of phenolic OH excluding ortho intramolecular Hbond substituents is 2. The Kier molecular flexibility index (Phi) is 6.27. The Labute approximate surface area is 138 Å². The molecule has 1 aromatic rings. The van der Waals surface area contributed by atoms with Gasteiger partial charge >= 0.3 is 0 Å². The summed E-state index contributed by atoms with van der Waals surface area (Å²) in [6, 6.07) is 3.32. The van der Waals surface area contributed by atoms with Crippen LogP contribution in [0, 0.1) is 0 Å². The summed E-state index contributed by atoms with van der Waals surface area (Å²) in [6.45, 7) is 11.2. The molecular weight excluding hydrogens is 296 g/mol. The fraction of sp³-hybridized carbons (Fsp3) is 0.667. The summed E-state index contributed by atoms with van der Waals surface area (Å²) < 4.78 is 15.1. The minimum Gasteiger partial charge on any atom is -0.508 e. The van der Waals surface area contributed by atoms with Gasteiger partial charge in [0.1, 0.15) is 23.7 Å². The highest BCUT2D eigenvalue weighted by Crippen LogP contribution is 2.35. The average molecular weight is 324 g/mol. The lowest BCUT2D eigenvalue weighted by atomic mass is 9.95. The Hall–Kier alpha value is -1.30. The number of benzene rings is 1. The second-order valence-corrected chi connectivity index (χ2v) is 6.73. The summed E-state index contributed by atoms with van der Waals surface area (Å²) in [7, 11) is 0. The van der Waals surface area contributed by atoms with E-state index >= 15 is 0 Å².